The Morgan fingerprint density at radius 1 is 0.885 bits per heavy atom. The van der Waals surface area contributed by atoms with E-state index in [2.05, 4.69) is 11.7 Å². The van der Waals surface area contributed by atoms with Crippen LogP contribution in [0.1, 0.15) is 31.7 Å². The molecule has 0 spiro atoms. The van der Waals surface area contributed by atoms with Gasteiger partial charge in [0.2, 0.25) is 0 Å². The summed E-state index contributed by atoms with van der Waals surface area (Å²) in [4.78, 5) is 0. The number of hydrogen-bond donors (Lipinski definition) is 0. The van der Waals surface area contributed by atoms with Crippen LogP contribution in [0, 0.1) is 5.82 Å². The van der Waals surface area contributed by atoms with Crippen LogP contribution in [-0.4, -0.2) is 6.61 Å². The Kier molecular flexibility index (Phi) is 5.82. The third kappa shape index (κ3) is 4.37. The highest BCUT2D eigenvalue weighted by atomic mass is 19.3. The van der Waals surface area contributed by atoms with Crippen LogP contribution >= 0.6 is 0 Å². The van der Waals surface area contributed by atoms with Crippen LogP contribution in [0.15, 0.2) is 54.6 Å². The molecule has 0 bridgehead atoms. The van der Waals surface area contributed by atoms with Crippen molar-refractivity contribution >= 4 is 10.8 Å². The minimum Gasteiger partial charge on any atom is -0.435 e. The molecular formula is C22H21F3O. The summed E-state index contributed by atoms with van der Waals surface area (Å²) in [6.45, 7) is -0.705. The maximum Gasteiger partial charge on any atom is 0.387 e. The molecular weight excluding hydrogens is 337 g/mol. The minimum absolute atomic E-state index is 0.114. The quantitative estimate of drug-likeness (QED) is 0.414. The average molecular weight is 358 g/mol. The predicted molar refractivity (Wildman–Crippen MR) is 99.2 cm³/mol. The van der Waals surface area contributed by atoms with E-state index in [4.69, 9.17) is 0 Å². The van der Waals surface area contributed by atoms with Gasteiger partial charge in [0.05, 0.1) is 0 Å². The largest absolute Gasteiger partial charge is 0.435 e. The van der Waals surface area contributed by atoms with Gasteiger partial charge in [-0.15, -0.1) is 0 Å². The lowest BCUT2D eigenvalue weighted by atomic mass is 9.98. The van der Waals surface area contributed by atoms with E-state index in [0.717, 1.165) is 47.6 Å². The zero-order valence-corrected chi connectivity index (χ0v) is 14.6. The average Bonchev–Trinajstić information content (AvgIpc) is 2.61. The van der Waals surface area contributed by atoms with E-state index in [9.17, 15) is 13.2 Å². The third-order valence-corrected chi connectivity index (χ3v) is 4.45. The maximum absolute atomic E-state index is 14.5. The van der Waals surface area contributed by atoms with Crippen molar-refractivity contribution in [2.75, 3.05) is 0 Å². The van der Waals surface area contributed by atoms with Crippen molar-refractivity contribution in [2.45, 2.75) is 39.2 Å². The van der Waals surface area contributed by atoms with Gasteiger partial charge in [-0.25, -0.2) is 4.39 Å². The molecule has 1 nitrogen and oxygen atoms in total. The van der Waals surface area contributed by atoms with Crippen LogP contribution in [0.25, 0.3) is 21.9 Å². The number of fused-ring (bicyclic) bond motifs is 1. The lowest BCUT2D eigenvalue weighted by Crippen LogP contribution is -2.01. The molecule has 0 aliphatic rings. The van der Waals surface area contributed by atoms with E-state index in [1.54, 1.807) is 30.3 Å². The van der Waals surface area contributed by atoms with E-state index in [-0.39, 0.29) is 11.6 Å². The summed E-state index contributed by atoms with van der Waals surface area (Å²) in [5.41, 5.74) is 2.31. The van der Waals surface area contributed by atoms with Crippen LogP contribution in [-0.2, 0) is 6.42 Å². The minimum atomic E-state index is -2.85. The van der Waals surface area contributed by atoms with Gasteiger partial charge in [-0.1, -0.05) is 50.1 Å². The number of halogens is 3. The van der Waals surface area contributed by atoms with Crippen molar-refractivity contribution in [2.24, 2.45) is 0 Å². The first-order valence-electron chi connectivity index (χ1n) is 8.84. The summed E-state index contributed by atoms with van der Waals surface area (Å²) in [5, 5.41) is 1.61. The summed E-state index contributed by atoms with van der Waals surface area (Å²) < 4.78 is 43.6. The Morgan fingerprint density at radius 3 is 2.38 bits per heavy atom. The first kappa shape index (κ1) is 18.3. The first-order valence-corrected chi connectivity index (χ1v) is 8.84. The molecule has 3 aromatic carbocycles. The van der Waals surface area contributed by atoms with E-state index >= 15 is 0 Å². The zero-order valence-electron chi connectivity index (χ0n) is 14.6. The second-order valence-electron chi connectivity index (χ2n) is 6.37. The Morgan fingerprint density at radius 2 is 1.65 bits per heavy atom. The molecule has 4 heteroatoms. The second-order valence-corrected chi connectivity index (χ2v) is 6.37. The lowest BCUT2D eigenvalue weighted by molar-refractivity contribution is -0.0497. The number of ether oxygens (including phenoxy) is 1. The molecule has 0 aliphatic carbocycles. The zero-order chi connectivity index (χ0) is 18.5. The Bertz CT molecular complexity index is 890. The molecule has 0 saturated carbocycles. The van der Waals surface area contributed by atoms with Crippen molar-refractivity contribution in [1.82, 2.24) is 0 Å². The molecule has 26 heavy (non-hydrogen) atoms. The van der Waals surface area contributed by atoms with E-state index in [1.165, 1.54) is 6.07 Å². The highest BCUT2D eigenvalue weighted by Crippen LogP contribution is 2.29. The van der Waals surface area contributed by atoms with Gasteiger partial charge in [0.1, 0.15) is 11.6 Å². The molecule has 3 rings (SSSR count). The smallest absolute Gasteiger partial charge is 0.387 e. The standard InChI is InChI=1S/C22H21F3O/c1-2-3-4-5-15-6-11-20(21(23)12-15)18-8-7-17-14-19(26-22(24)25)10-9-16(17)13-18/h6-14,22H,2-5H2,1H3. The summed E-state index contributed by atoms with van der Waals surface area (Å²) in [7, 11) is 0. The van der Waals surface area contributed by atoms with Crippen LogP contribution in [0.5, 0.6) is 5.75 Å². The van der Waals surface area contributed by atoms with Gasteiger partial charge in [0.15, 0.2) is 0 Å². The van der Waals surface area contributed by atoms with Crippen molar-refractivity contribution in [3.63, 3.8) is 0 Å². The first-order chi connectivity index (χ1) is 12.6. The highest BCUT2D eigenvalue weighted by Gasteiger charge is 2.09. The number of alkyl halides is 2. The molecule has 0 heterocycles. The number of benzene rings is 3. The SMILES string of the molecule is CCCCCc1ccc(-c2ccc3cc(OC(F)F)ccc3c2)c(F)c1. The molecule has 0 radical (unpaired) electrons. The molecule has 0 unspecified atom stereocenters. The molecule has 0 aliphatic heterocycles. The Labute approximate surface area is 151 Å². The molecule has 0 saturated heterocycles. The molecule has 0 N–H and O–H groups in total. The topological polar surface area (TPSA) is 9.23 Å². The van der Waals surface area contributed by atoms with Gasteiger partial charge in [-0.3, -0.25) is 0 Å². The fourth-order valence-electron chi connectivity index (χ4n) is 3.09. The number of unbranched alkanes of at least 4 members (excludes halogenated alkanes) is 2. The van der Waals surface area contributed by atoms with Crippen molar-refractivity contribution in [3.05, 3.63) is 66.0 Å². The summed E-state index contributed by atoms with van der Waals surface area (Å²) in [6.07, 6.45) is 4.23. The fourth-order valence-corrected chi connectivity index (χ4v) is 3.09. The second kappa shape index (κ2) is 8.26. The van der Waals surface area contributed by atoms with Gasteiger partial charge in [0.25, 0.3) is 0 Å². The van der Waals surface area contributed by atoms with Crippen LogP contribution in [0.2, 0.25) is 0 Å². The van der Waals surface area contributed by atoms with Crippen LogP contribution in [0.3, 0.4) is 0 Å². The van der Waals surface area contributed by atoms with Crippen LogP contribution < -0.4 is 4.74 Å². The Balaban J connectivity index is 1.85. The molecule has 0 amide bonds. The maximum atomic E-state index is 14.5. The van der Waals surface area contributed by atoms with Gasteiger partial charge in [-0.2, -0.15) is 8.78 Å². The van der Waals surface area contributed by atoms with Gasteiger partial charge in [-0.05, 0) is 59.0 Å². The number of hydrogen-bond acceptors (Lipinski definition) is 1. The molecule has 3 aromatic rings. The monoisotopic (exact) mass is 358 g/mol. The van der Waals surface area contributed by atoms with Crippen LogP contribution in [0.4, 0.5) is 13.2 Å². The molecule has 0 aromatic heterocycles. The van der Waals surface area contributed by atoms with E-state index in [0.29, 0.717) is 5.56 Å². The van der Waals surface area contributed by atoms with E-state index in [1.807, 2.05) is 18.2 Å². The summed E-state index contributed by atoms with van der Waals surface area (Å²) >= 11 is 0. The Hall–Kier alpha value is -2.49. The summed E-state index contributed by atoms with van der Waals surface area (Å²) in [6, 6.07) is 15.6. The molecule has 0 atom stereocenters. The van der Waals surface area contributed by atoms with Gasteiger partial charge < -0.3 is 4.74 Å². The van der Waals surface area contributed by atoms with Crippen molar-refractivity contribution < 1.29 is 17.9 Å². The third-order valence-electron chi connectivity index (χ3n) is 4.45. The summed E-state index contributed by atoms with van der Waals surface area (Å²) in [5.74, 6) is -0.126. The predicted octanol–water partition coefficient (Wildman–Crippen LogP) is 6.98. The lowest BCUT2D eigenvalue weighted by Gasteiger charge is -2.09. The highest BCUT2D eigenvalue weighted by molar-refractivity contribution is 5.88. The van der Waals surface area contributed by atoms with Crippen molar-refractivity contribution in [3.8, 4) is 16.9 Å². The molecule has 136 valence electrons. The number of rotatable bonds is 7. The van der Waals surface area contributed by atoms with E-state index < -0.39 is 6.61 Å². The van der Waals surface area contributed by atoms with Crippen molar-refractivity contribution in [1.29, 1.82) is 0 Å². The molecule has 0 fully saturated rings. The van der Waals surface area contributed by atoms with Gasteiger partial charge >= 0.3 is 6.61 Å². The van der Waals surface area contributed by atoms with Gasteiger partial charge in [0, 0.05) is 5.56 Å². The number of aryl methyl sites for hydroxylation is 1. The normalized spacial score (nSPS) is 11.3. The fraction of sp³-hybridized carbons (Fsp3) is 0.273.